The number of aliphatic carboxylic acids is 1. The van der Waals surface area contributed by atoms with Gasteiger partial charge in [-0.15, -0.1) is 0 Å². The normalized spacial score (nSPS) is 23.2. The number of carbonyl (C=O) groups is 2. The summed E-state index contributed by atoms with van der Waals surface area (Å²) in [5.41, 5.74) is 2.75. The minimum Gasteiger partial charge on any atom is -0.480 e. The van der Waals surface area contributed by atoms with Gasteiger partial charge in [0.25, 0.3) is 0 Å². The number of likely N-dealkylation sites (N-methyl/N-ethyl adjacent to an activating group) is 1. The lowest BCUT2D eigenvalue weighted by Gasteiger charge is -2.36. The van der Waals surface area contributed by atoms with Crippen molar-refractivity contribution in [3.63, 3.8) is 0 Å². The number of amides is 2. The monoisotopic (exact) mass is 389 g/mol. The van der Waals surface area contributed by atoms with Crippen LogP contribution in [0.3, 0.4) is 0 Å². The third-order valence-corrected chi connectivity index (χ3v) is 5.72. The van der Waals surface area contributed by atoms with Gasteiger partial charge >= 0.3 is 12.0 Å². The van der Waals surface area contributed by atoms with Crippen molar-refractivity contribution in [2.24, 2.45) is 0 Å². The average molecular weight is 389 g/mol. The van der Waals surface area contributed by atoms with E-state index in [1.165, 1.54) is 11.1 Å². The molecule has 1 aromatic carbocycles. The standard InChI is InChI=1S/C21H31N3O4/c1-15(18-9-5-7-16-6-3-4-8-19(16)18)22-21(27)24-10-11-28-17(13-24)12-23(2)14-20(25)26/h3-4,6,8,15,17-18H,5,7,9-14H2,1-2H3,(H,22,27)(H,25,26)/t15-,17?,18?/m1/s1. The molecule has 2 aliphatic rings. The van der Waals surface area contributed by atoms with Crippen molar-refractivity contribution in [1.82, 2.24) is 15.1 Å². The summed E-state index contributed by atoms with van der Waals surface area (Å²) in [6.45, 7) is 4.04. The maximum atomic E-state index is 12.8. The summed E-state index contributed by atoms with van der Waals surface area (Å²) in [5.74, 6) is -0.526. The summed E-state index contributed by atoms with van der Waals surface area (Å²) in [5, 5.41) is 12.1. The minimum absolute atomic E-state index is 0.0375. The van der Waals surface area contributed by atoms with Gasteiger partial charge in [-0.05, 0) is 44.4 Å². The molecule has 7 heteroatoms. The van der Waals surface area contributed by atoms with E-state index in [2.05, 4.69) is 36.5 Å². The molecular formula is C21H31N3O4. The number of urea groups is 1. The van der Waals surface area contributed by atoms with Crippen LogP contribution in [0.4, 0.5) is 4.79 Å². The van der Waals surface area contributed by atoms with Crippen LogP contribution < -0.4 is 5.32 Å². The van der Waals surface area contributed by atoms with E-state index in [1.807, 2.05) is 0 Å². The van der Waals surface area contributed by atoms with Gasteiger partial charge in [0.15, 0.2) is 0 Å². The summed E-state index contributed by atoms with van der Waals surface area (Å²) >= 11 is 0. The van der Waals surface area contributed by atoms with Crippen molar-refractivity contribution in [2.45, 2.75) is 44.2 Å². The second kappa shape index (κ2) is 9.39. The second-order valence-electron chi connectivity index (χ2n) is 7.97. The van der Waals surface area contributed by atoms with E-state index in [-0.39, 0.29) is 24.7 Å². The molecule has 0 saturated carbocycles. The van der Waals surface area contributed by atoms with Gasteiger partial charge in [-0.25, -0.2) is 4.79 Å². The SMILES string of the molecule is C[C@@H](NC(=O)N1CCOC(CN(C)CC(=O)O)C1)C1CCCc2ccccc21. The maximum absolute atomic E-state index is 12.8. The second-order valence-corrected chi connectivity index (χ2v) is 7.97. The highest BCUT2D eigenvalue weighted by atomic mass is 16.5. The number of hydrogen-bond donors (Lipinski definition) is 2. The summed E-state index contributed by atoms with van der Waals surface area (Å²) in [6, 6.07) is 8.53. The van der Waals surface area contributed by atoms with Crippen LogP contribution in [0.1, 0.15) is 36.8 Å². The van der Waals surface area contributed by atoms with Gasteiger partial charge in [0.05, 0.1) is 19.3 Å². The topological polar surface area (TPSA) is 82.1 Å². The zero-order chi connectivity index (χ0) is 20.1. The van der Waals surface area contributed by atoms with Crippen LogP contribution in [0, 0.1) is 0 Å². The molecule has 28 heavy (non-hydrogen) atoms. The molecule has 1 aliphatic carbocycles. The van der Waals surface area contributed by atoms with Gasteiger partial charge in [0.2, 0.25) is 0 Å². The Morgan fingerprint density at radius 1 is 1.39 bits per heavy atom. The number of hydrogen-bond acceptors (Lipinski definition) is 4. The van der Waals surface area contributed by atoms with E-state index in [0.29, 0.717) is 32.2 Å². The fraction of sp³-hybridized carbons (Fsp3) is 0.619. The zero-order valence-electron chi connectivity index (χ0n) is 16.8. The van der Waals surface area contributed by atoms with Gasteiger partial charge in [-0.3, -0.25) is 9.69 Å². The molecule has 0 aromatic heterocycles. The Balaban J connectivity index is 1.55. The van der Waals surface area contributed by atoms with Crippen LogP contribution >= 0.6 is 0 Å². The van der Waals surface area contributed by atoms with Crippen molar-refractivity contribution in [3.05, 3.63) is 35.4 Å². The highest BCUT2D eigenvalue weighted by Gasteiger charge is 2.30. The van der Waals surface area contributed by atoms with Crippen molar-refractivity contribution < 1.29 is 19.4 Å². The van der Waals surface area contributed by atoms with Crippen LogP contribution in [-0.4, -0.2) is 78.9 Å². The lowest BCUT2D eigenvalue weighted by atomic mass is 9.79. The molecule has 1 saturated heterocycles. The zero-order valence-corrected chi connectivity index (χ0v) is 16.8. The van der Waals surface area contributed by atoms with Crippen molar-refractivity contribution >= 4 is 12.0 Å². The fourth-order valence-corrected chi connectivity index (χ4v) is 4.35. The molecule has 2 unspecified atom stereocenters. The number of carboxylic acids is 1. The van der Waals surface area contributed by atoms with E-state index < -0.39 is 5.97 Å². The van der Waals surface area contributed by atoms with Crippen molar-refractivity contribution in [3.8, 4) is 0 Å². The summed E-state index contributed by atoms with van der Waals surface area (Å²) in [7, 11) is 1.75. The van der Waals surface area contributed by atoms with Gasteiger partial charge in [0, 0.05) is 31.6 Å². The van der Waals surface area contributed by atoms with Crippen LogP contribution in [-0.2, 0) is 16.0 Å². The van der Waals surface area contributed by atoms with Crippen LogP contribution in [0.5, 0.6) is 0 Å². The molecular weight excluding hydrogens is 358 g/mol. The van der Waals surface area contributed by atoms with Crippen molar-refractivity contribution in [2.75, 3.05) is 39.8 Å². The largest absolute Gasteiger partial charge is 0.480 e. The number of morpholine rings is 1. The molecule has 0 spiro atoms. The highest BCUT2D eigenvalue weighted by Crippen LogP contribution is 2.33. The molecule has 1 aliphatic heterocycles. The van der Waals surface area contributed by atoms with E-state index in [4.69, 9.17) is 9.84 Å². The molecule has 2 amide bonds. The third kappa shape index (κ3) is 5.23. The predicted octanol–water partition coefficient (Wildman–Crippen LogP) is 1.92. The molecule has 1 aromatic rings. The van der Waals surface area contributed by atoms with E-state index in [1.54, 1.807) is 16.8 Å². The first-order chi connectivity index (χ1) is 13.4. The first kappa shape index (κ1) is 20.6. The number of rotatable bonds is 6. The minimum atomic E-state index is -0.866. The fourth-order valence-electron chi connectivity index (χ4n) is 4.35. The molecule has 2 N–H and O–H groups in total. The van der Waals surface area contributed by atoms with E-state index in [0.717, 1.165) is 19.3 Å². The van der Waals surface area contributed by atoms with Gasteiger partial charge in [-0.2, -0.15) is 0 Å². The molecule has 7 nitrogen and oxygen atoms in total. The first-order valence-corrected chi connectivity index (χ1v) is 10.1. The summed E-state index contributed by atoms with van der Waals surface area (Å²) in [6.07, 6.45) is 3.18. The average Bonchev–Trinajstić information content (AvgIpc) is 2.67. The third-order valence-electron chi connectivity index (χ3n) is 5.72. The summed E-state index contributed by atoms with van der Waals surface area (Å²) < 4.78 is 5.72. The molecule has 0 radical (unpaired) electrons. The Kier molecular flexibility index (Phi) is 6.91. The van der Waals surface area contributed by atoms with E-state index >= 15 is 0 Å². The number of fused-ring (bicyclic) bond motifs is 1. The number of ether oxygens (including phenoxy) is 1. The van der Waals surface area contributed by atoms with Gasteiger partial charge in [-0.1, -0.05) is 24.3 Å². The Morgan fingerprint density at radius 3 is 2.96 bits per heavy atom. The smallest absolute Gasteiger partial charge is 0.317 e. The molecule has 154 valence electrons. The Bertz CT molecular complexity index is 696. The maximum Gasteiger partial charge on any atom is 0.317 e. The Morgan fingerprint density at radius 2 is 2.18 bits per heavy atom. The number of aryl methyl sites for hydroxylation is 1. The van der Waals surface area contributed by atoms with Crippen LogP contribution in [0.2, 0.25) is 0 Å². The van der Waals surface area contributed by atoms with Gasteiger partial charge in [0.1, 0.15) is 0 Å². The number of benzene rings is 1. The van der Waals surface area contributed by atoms with Crippen LogP contribution in [0.15, 0.2) is 24.3 Å². The lowest BCUT2D eigenvalue weighted by molar-refractivity contribution is -0.138. The molecule has 3 atom stereocenters. The lowest BCUT2D eigenvalue weighted by Crippen LogP contribution is -2.54. The molecule has 1 fully saturated rings. The molecule has 3 rings (SSSR count). The number of nitrogens with one attached hydrogen (secondary N) is 1. The molecule has 0 bridgehead atoms. The summed E-state index contributed by atoms with van der Waals surface area (Å²) in [4.78, 5) is 27.1. The van der Waals surface area contributed by atoms with Gasteiger partial charge < -0.3 is 20.1 Å². The molecule has 1 heterocycles. The number of carboxylic acid groups (broad SMARTS) is 1. The number of carbonyl (C=O) groups excluding carboxylic acids is 1. The predicted molar refractivity (Wildman–Crippen MR) is 107 cm³/mol. The highest BCUT2D eigenvalue weighted by molar-refractivity contribution is 5.74. The Hall–Kier alpha value is -2.12. The van der Waals surface area contributed by atoms with Crippen molar-refractivity contribution in [1.29, 1.82) is 0 Å². The first-order valence-electron chi connectivity index (χ1n) is 10.1. The quantitative estimate of drug-likeness (QED) is 0.777. The van der Waals surface area contributed by atoms with Crippen LogP contribution in [0.25, 0.3) is 0 Å². The number of nitrogens with zero attached hydrogens (tertiary/aromatic N) is 2. The van der Waals surface area contributed by atoms with E-state index in [9.17, 15) is 9.59 Å². The Labute approximate surface area is 166 Å².